The molecule has 0 atom stereocenters. The summed E-state index contributed by atoms with van der Waals surface area (Å²) in [5.41, 5.74) is 7.33. The fourth-order valence-corrected chi connectivity index (χ4v) is 9.52. The molecule has 0 spiro atoms. The fourth-order valence-electron chi connectivity index (χ4n) is 7.24. The zero-order valence-corrected chi connectivity index (χ0v) is 27.5. The van der Waals surface area contributed by atoms with Gasteiger partial charge in [-0.1, -0.05) is 66.7 Å². The van der Waals surface area contributed by atoms with Crippen molar-refractivity contribution in [2.24, 2.45) is 0 Å². The van der Waals surface area contributed by atoms with Gasteiger partial charge >= 0.3 is 0 Å². The van der Waals surface area contributed by atoms with Crippen LogP contribution in [0.3, 0.4) is 0 Å². The third-order valence-electron chi connectivity index (χ3n) is 9.50. The van der Waals surface area contributed by atoms with Crippen LogP contribution in [0.4, 0.5) is 17.1 Å². The summed E-state index contributed by atoms with van der Waals surface area (Å²) in [5, 5.41) is 7.11. The summed E-state index contributed by atoms with van der Waals surface area (Å²) in [6.45, 7) is 0. The van der Waals surface area contributed by atoms with Crippen LogP contribution in [0.25, 0.3) is 84.8 Å². The van der Waals surface area contributed by atoms with Gasteiger partial charge in [0.2, 0.25) is 5.89 Å². The van der Waals surface area contributed by atoms with Crippen LogP contribution in [0.15, 0.2) is 154 Å². The molecule has 0 aliphatic rings. The van der Waals surface area contributed by atoms with Crippen LogP contribution in [-0.4, -0.2) is 4.98 Å². The molecule has 6 heteroatoms. The lowest BCUT2D eigenvalue weighted by molar-refractivity contribution is 0.619. The van der Waals surface area contributed by atoms with E-state index in [1.165, 1.54) is 40.3 Å². The van der Waals surface area contributed by atoms with Crippen LogP contribution >= 0.6 is 22.7 Å². The van der Waals surface area contributed by atoms with E-state index < -0.39 is 0 Å². The molecule has 0 bridgehead atoms. The minimum absolute atomic E-state index is 0.600. The quantitative estimate of drug-likeness (QED) is 0.188. The molecule has 11 aromatic rings. The van der Waals surface area contributed by atoms with Gasteiger partial charge in [-0.3, -0.25) is 0 Å². The maximum absolute atomic E-state index is 6.41. The molecule has 0 radical (unpaired) electrons. The van der Waals surface area contributed by atoms with Gasteiger partial charge in [0.15, 0.2) is 5.58 Å². The second-order valence-electron chi connectivity index (χ2n) is 12.3. The molecule has 0 fully saturated rings. The van der Waals surface area contributed by atoms with Crippen molar-refractivity contribution in [1.29, 1.82) is 0 Å². The van der Waals surface area contributed by atoms with Crippen molar-refractivity contribution in [1.82, 2.24) is 4.98 Å². The molecule has 4 aromatic heterocycles. The van der Waals surface area contributed by atoms with E-state index in [1.807, 2.05) is 65.1 Å². The Hall–Kier alpha value is -5.95. The van der Waals surface area contributed by atoms with Crippen molar-refractivity contribution < 1.29 is 8.83 Å². The van der Waals surface area contributed by atoms with E-state index in [4.69, 9.17) is 13.8 Å². The SMILES string of the molecule is c1ccc(-c2nc3c(ccc4oc5ccc(N(c6ccc7c(c6)sc6ccccc67)c6ccc7c(c6)sc6ccccc67)cc5c43)o2)cc1. The lowest BCUT2D eigenvalue weighted by atomic mass is 10.1. The van der Waals surface area contributed by atoms with Gasteiger partial charge < -0.3 is 13.7 Å². The predicted octanol–water partition coefficient (Wildman–Crippen LogP) is 13.6. The molecule has 4 nitrogen and oxygen atoms in total. The van der Waals surface area contributed by atoms with Crippen molar-refractivity contribution in [2.75, 3.05) is 4.90 Å². The Labute approximate surface area is 287 Å². The van der Waals surface area contributed by atoms with Crippen LogP contribution in [0.1, 0.15) is 0 Å². The van der Waals surface area contributed by atoms with E-state index in [2.05, 4.69) is 108 Å². The van der Waals surface area contributed by atoms with Gasteiger partial charge in [-0.05, 0) is 78.9 Å². The lowest BCUT2D eigenvalue weighted by Crippen LogP contribution is -2.09. The van der Waals surface area contributed by atoms with E-state index in [1.54, 1.807) is 0 Å². The molecule has 7 aromatic carbocycles. The standard InChI is InChI=1S/C43H24N2O2S2/c1-2-8-25(9-3-1)43-44-42-36(47-43)21-20-35-41(42)33-22-26(16-19-34(33)46-35)45(27-14-17-31-29-10-4-6-12-37(29)48-39(31)23-27)28-15-18-32-30-11-5-7-13-38(30)49-40(32)24-28/h1-24H. The smallest absolute Gasteiger partial charge is 0.227 e. The normalized spacial score (nSPS) is 12.1. The van der Waals surface area contributed by atoms with Gasteiger partial charge in [-0.2, -0.15) is 0 Å². The number of anilines is 3. The molecular formula is C43H24N2O2S2. The van der Waals surface area contributed by atoms with Crippen molar-refractivity contribution in [3.63, 3.8) is 0 Å². The molecule has 0 saturated carbocycles. The topological polar surface area (TPSA) is 42.4 Å². The number of furan rings is 1. The Morgan fingerprint density at radius 2 is 0.980 bits per heavy atom. The molecule has 0 N–H and O–H groups in total. The Morgan fingerprint density at radius 1 is 0.429 bits per heavy atom. The van der Waals surface area contributed by atoms with E-state index in [0.717, 1.165) is 55.7 Å². The second-order valence-corrected chi connectivity index (χ2v) is 14.5. The van der Waals surface area contributed by atoms with Crippen LogP contribution in [-0.2, 0) is 0 Å². The molecule has 0 aliphatic carbocycles. The molecule has 230 valence electrons. The lowest BCUT2D eigenvalue weighted by Gasteiger charge is -2.25. The number of hydrogen-bond donors (Lipinski definition) is 0. The summed E-state index contributed by atoms with van der Waals surface area (Å²) in [5.74, 6) is 0.600. The van der Waals surface area contributed by atoms with Gasteiger partial charge in [0.1, 0.15) is 16.7 Å². The molecule has 0 aliphatic heterocycles. The average molecular weight is 665 g/mol. The number of hydrogen-bond acceptors (Lipinski definition) is 6. The van der Waals surface area contributed by atoms with Crippen molar-refractivity contribution in [3.8, 4) is 11.5 Å². The number of rotatable bonds is 4. The number of fused-ring (bicyclic) bond motifs is 11. The highest BCUT2D eigenvalue weighted by molar-refractivity contribution is 7.26. The van der Waals surface area contributed by atoms with E-state index in [9.17, 15) is 0 Å². The largest absolute Gasteiger partial charge is 0.456 e. The van der Waals surface area contributed by atoms with Gasteiger partial charge in [0, 0.05) is 68.4 Å². The maximum Gasteiger partial charge on any atom is 0.227 e. The minimum Gasteiger partial charge on any atom is -0.456 e. The first-order valence-corrected chi connectivity index (χ1v) is 17.8. The zero-order valence-electron chi connectivity index (χ0n) is 25.9. The molecular weight excluding hydrogens is 641 g/mol. The highest BCUT2D eigenvalue weighted by Crippen LogP contribution is 2.45. The summed E-state index contributed by atoms with van der Waals surface area (Å²) < 4.78 is 17.8. The number of nitrogens with zero attached hydrogens (tertiary/aromatic N) is 2. The Kier molecular flexibility index (Phi) is 5.67. The van der Waals surface area contributed by atoms with Crippen molar-refractivity contribution in [2.45, 2.75) is 0 Å². The summed E-state index contributed by atoms with van der Waals surface area (Å²) in [6.07, 6.45) is 0. The Morgan fingerprint density at radius 3 is 1.67 bits per heavy atom. The third-order valence-corrected chi connectivity index (χ3v) is 11.8. The highest BCUT2D eigenvalue weighted by Gasteiger charge is 2.21. The number of oxazole rings is 1. The first-order valence-electron chi connectivity index (χ1n) is 16.2. The summed E-state index contributed by atoms with van der Waals surface area (Å²) in [7, 11) is 0. The predicted molar refractivity (Wildman–Crippen MR) is 207 cm³/mol. The Balaban J connectivity index is 1.15. The maximum atomic E-state index is 6.41. The van der Waals surface area contributed by atoms with E-state index in [-0.39, 0.29) is 0 Å². The second kappa shape index (κ2) is 10.3. The van der Waals surface area contributed by atoms with Crippen LogP contribution < -0.4 is 4.90 Å². The minimum atomic E-state index is 0.600. The molecule has 0 amide bonds. The molecule has 4 heterocycles. The number of aromatic nitrogens is 1. The first kappa shape index (κ1) is 27.0. The molecule has 11 rings (SSSR count). The van der Waals surface area contributed by atoms with E-state index >= 15 is 0 Å². The monoisotopic (exact) mass is 664 g/mol. The molecule has 0 unspecified atom stereocenters. The first-order chi connectivity index (χ1) is 24.2. The van der Waals surface area contributed by atoms with Gasteiger partial charge in [-0.15, -0.1) is 22.7 Å². The van der Waals surface area contributed by atoms with E-state index in [0.29, 0.717) is 5.89 Å². The third kappa shape index (κ3) is 4.11. The average Bonchev–Trinajstić information content (AvgIpc) is 3.92. The van der Waals surface area contributed by atoms with Crippen molar-refractivity contribution in [3.05, 3.63) is 146 Å². The zero-order chi connectivity index (χ0) is 32.1. The Bertz CT molecular complexity index is 2960. The summed E-state index contributed by atoms with van der Waals surface area (Å²) in [4.78, 5) is 7.36. The summed E-state index contributed by atoms with van der Waals surface area (Å²) in [6, 6.07) is 51.5. The van der Waals surface area contributed by atoms with Crippen LogP contribution in [0.2, 0.25) is 0 Å². The summed E-state index contributed by atoms with van der Waals surface area (Å²) >= 11 is 3.68. The van der Waals surface area contributed by atoms with Gasteiger partial charge in [0.05, 0.1) is 5.39 Å². The van der Waals surface area contributed by atoms with Crippen LogP contribution in [0.5, 0.6) is 0 Å². The molecule has 0 saturated heterocycles. The fraction of sp³-hybridized carbons (Fsp3) is 0. The number of thiophene rings is 2. The van der Waals surface area contributed by atoms with Gasteiger partial charge in [0.25, 0.3) is 0 Å². The van der Waals surface area contributed by atoms with Crippen molar-refractivity contribution >= 4 is 113 Å². The highest BCUT2D eigenvalue weighted by atomic mass is 32.1. The van der Waals surface area contributed by atoms with Crippen LogP contribution in [0, 0.1) is 0 Å². The number of benzene rings is 7. The van der Waals surface area contributed by atoms with Gasteiger partial charge in [-0.25, -0.2) is 4.98 Å². The molecule has 49 heavy (non-hydrogen) atoms.